The van der Waals surface area contributed by atoms with Crippen LogP contribution in [0.2, 0.25) is 0 Å². The van der Waals surface area contributed by atoms with Crippen molar-refractivity contribution in [3.05, 3.63) is 42.1 Å². The summed E-state index contributed by atoms with van der Waals surface area (Å²) in [7, 11) is 0. The van der Waals surface area contributed by atoms with Crippen LogP contribution in [-0.4, -0.2) is 28.1 Å². The highest BCUT2D eigenvalue weighted by molar-refractivity contribution is 6.05. The fourth-order valence-electron chi connectivity index (χ4n) is 3.95. The molecule has 1 aliphatic heterocycles. The van der Waals surface area contributed by atoms with Crippen molar-refractivity contribution in [3.8, 4) is 0 Å². The highest BCUT2D eigenvalue weighted by Gasteiger charge is 2.23. The second kappa shape index (κ2) is 7.32. The zero-order chi connectivity index (χ0) is 17.9. The molecule has 2 fully saturated rings. The number of nitrogens with zero attached hydrogens (tertiary/aromatic N) is 3. The van der Waals surface area contributed by atoms with E-state index < -0.39 is 0 Å². The van der Waals surface area contributed by atoms with Crippen LogP contribution in [0, 0.1) is 0 Å². The zero-order valence-electron chi connectivity index (χ0n) is 14.9. The summed E-state index contributed by atoms with van der Waals surface area (Å²) < 4.78 is 1.95. The summed E-state index contributed by atoms with van der Waals surface area (Å²) in [6.45, 7) is 0.721. The smallest absolute Gasteiger partial charge is 0.256 e. The minimum Gasteiger partial charge on any atom is -0.312 e. The van der Waals surface area contributed by atoms with E-state index in [-0.39, 0.29) is 11.8 Å². The molecule has 1 aromatic carbocycles. The summed E-state index contributed by atoms with van der Waals surface area (Å²) in [6, 6.07) is 9.49. The number of aromatic nitrogens is 2. The van der Waals surface area contributed by atoms with Gasteiger partial charge in [-0.1, -0.05) is 25.3 Å². The lowest BCUT2D eigenvalue weighted by Gasteiger charge is -2.24. The summed E-state index contributed by atoms with van der Waals surface area (Å²) in [5.74, 6) is 0.693. The van der Waals surface area contributed by atoms with Crippen LogP contribution < -0.4 is 10.2 Å². The molecule has 1 saturated carbocycles. The topological polar surface area (TPSA) is 67.2 Å². The molecular formula is C20H24N4O2. The van der Waals surface area contributed by atoms with Crippen molar-refractivity contribution in [3.63, 3.8) is 0 Å². The van der Waals surface area contributed by atoms with Crippen LogP contribution in [0.3, 0.4) is 0 Å². The first kappa shape index (κ1) is 16.8. The number of amides is 2. The normalized spacial score (nSPS) is 18.3. The van der Waals surface area contributed by atoms with E-state index >= 15 is 0 Å². The van der Waals surface area contributed by atoms with Gasteiger partial charge in [-0.15, -0.1) is 0 Å². The summed E-state index contributed by atoms with van der Waals surface area (Å²) in [5, 5.41) is 7.42. The molecule has 136 valence electrons. The van der Waals surface area contributed by atoms with Gasteiger partial charge in [0.05, 0.1) is 12.2 Å². The maximum Gasteiger partial charge on any atom is 0.256 e. The Balaban J connectivity index is 1.50. The predicted octanol–water partition coefficient (Wildman–Crippen LogP) is 3.77. The molecule has 2 aromatic rings. The van der Waals surface area contributed by atoms with E-state index in [0.29, 0.717) is 18.0 Å². The number of anilines is 2. The van der Waals surface area contributed by atoms with Crippen molar-refractivity contribution in [1.82, 2.24) is 9.78 Å². The molecule has 1 N–H and O–H groups in total. The van der Waals surface area contributed by atoms with E-state index in [9.17, 15) is 9.59 Å². The number of carbonyl (C=O) groups is 2. The number of hydrogen-bond acceptors (Lipinski definition) is 3. The Kier molecular flexibility index (Phi) is 4.73. The second-order valence-corrected chi connectivity index (χ2v) is 7.11. The van der Waals surface area contributed by atoms with Crippen LogP contribution in [0.1, 0.15) is 61.3 Å². The maximum atomic E-state index is 12.7. The highest BCUT2D eigenvalue weighted by Crippen LogP contribution is 2.30. The minimum absolute atomic E-state index is 0.123. The van der Waals surface area contributed by atoms with E-state index in [4.69, 9.17) is 0 Å². The van der Waals surface area contributed by atoms with Crippen molar-refractivity contribution in [2.45, 2.75) is 51.0 Å². The first-order valence-electron chi connectivity index (χ1n) is 9.48. The molecule has 0 spiro atoms. The third kappa shape index (κ3) is 3.36. The van der Waals surface area contributed by atoms with Gasteiger partial charge in [-0.05, 0) is 37.5 Å². The second-order valence-electron chi connectivity index (χ2n) is 7.11. The molecule has 2 heterocycles. The number of carbonyl (C=O) groups excluding carboxylic acids is 2. The third-order valence-corrected chi connectivity index (χ3v) is 5.33. The Hall–Kier alpha value is -2.63. The van der Waals surface area contributed by atoms with Gasteiger partial charge < -0.3 is 10.2 Å². The molecule has 0 radical (unpaired) electrons. The van der Waals surface area contributed by atoms with Gasteiger partial charge in [0, 0.05) is 30.3 Å². The summed E-state index contributed by atoms with van der Waals surface area (Å²) in [5.41, 5.74) is 1.35. The Morgan fingerprint density at radius 3 is 2.73 bits per heavy atom. The van der Waals surface area contributed by atoms with Crippen LogP contribution in [-0.2, 0) is 4.79 Å². The Labute approximate surface area is 153 Å². The highest BCUT2D eigenvalue weighted by atomic mass is 16.2. The number of nitrogens with one attached hydrogen (secondary N) is 1. The molecule has 4 rings (SSSR count). The lowest BCUT2D eigenvalue weighted by Crippen LogP contribution is -2.24. The molecule has 1 saturated heterocycles. The summed E-state index contributed by atoms with van der Waals surface area (Å²) in [6.07, 6.45) is 9.11. The van der Waals surface area contributed by atoms with Crippen LogP contribution in [0.5, 0.6) is 0 Å². The van der Waals surface area contributed by atoms with E-state index in [0.717, 1.165) is 37.3 Å². The molecule has 0 atom stereocenters. The van der Waals surface area contributed by atoms with E-state index in [1.807, 2.05) is 22.9 Å². The maximum absolute atomic E-state index is 12.7. The number of benzene rings is 1. The fourth-order valence-corrected chi connectivity index (χ4v) is 3.95. The summed E-state index contributed by atoms with van der Waals surface area (Å²) in [4.78, 5) is 26.4. The Morgan fingerprint density at radius 2 is 1.96 bits per heavy atom. The van der Waals surface area contributed by atoms with Crippen LogP contribution in [0.15, 0.2) is 36.5 Å². The van der Waals surface area contributed by atoms with E-state index in [1.54, 1.807) is 23.2 Å². The zero-order valence-corrected chi connectivity index (χ0v) is 14.9. The van der Waals surface area contributed by atoms with Gasteiger partial charge in [-0.25, -0.2) is 4.68 Å². The van der Waals surface area contributed by atoms with Crippen molar-refractivity contribution >= 4 is 23.3 Å². The van der Waals surface area contributed by atoms with Gasteiger partial charge in [-0.3, -0.25) is 9.59 Å². The van der Waals surface area contributed by atoms with E-state index in [1.165, 1.54) is 19.3 Å². The third-order valence-electron chi connectivity index (χ3n) is 5.33. The molecule has 6 nitrogen and oxygen atoms in total. The van der Waals surface area contributed by atoms with E-state index in [2.05, 4.69) is 10.4 Å². The minimum atomic E-state index is -0.170. The fraction of sp³-hybridized carbons (Fsp3) is 0.450. The Morgan fingerprint density at radius 1 is 1.12 bits per heavy atom. The van der Waals surface area contributed by atoms with Crippen molar-refractivity contribution in [2.75, 3.05) is 16.8 Å². The lowest BCUT2D eigenvalue weighted by atomic mass is 9.96. The van der Waals surface area contributed by atoms with Gasteiger partial charge in [0.1, 0.15) is 5.82 Å². The first-order valence-corrected chi connectivity index (χ1v) is 9.48. The molecule has 0 bridgehead atoms. The molecule has 1 aliphatic carbocycles. The largest absolute Gasteiger partial charge is 0.312 e. The van der Waals surface area contributed by atoms with Crippen molar-refractivity contribution in [1.29, 1.82) is 0 Å². The van der Waals surface area contributed by atoms with Gasteiger partial charge in [0.25, 0.3) is 5.91 Å². The first-order chi connectivity index (χ1) is 12.7. The molecule has 26 heavy (non-hydrogen) atoms. The SMILES string of the molecule is O=C(Nc1ccnn1C1CCCCC1)c1cccc(N2CCCC2=O)c1. The van der Waals surface area contributed by atoms with Crippen molar-refractivity contribution < 1.29 is 9.59 Å². The molecule has 0 unspecified atom stereocenters. The lowest BCUT2D eigenvalue weighted by molar-refractivity contribution is -0.117. The van der Waals surface area contributed by atoms with Crippen LogP contribution >= 0.6 is 0 Å². The van der Waals surface area contributed by atoms with Crippen molar-refractivity contribution in [2.24, 2.45) is 0 Å². The average molecular weight is 352 g/mol. The molecule has 2 amide bonds. The van der Waals surface area contributed by atoms with Gasteiger partial charge >= 0.3 is 0 Å². The molecule has 1 aromatic heterocycles. The van der Waals surface area contributed by atoms with Gasteiger partial charge in [0.15, 0.2) is 0 Å². The number of rotatable bonds is 4. The van der Waals surface area contributed by atoms with Gasteiger partial charge in [-0.2, -0.15) is 5.10 Å². The van der Waals surface area contributed by atoms with Gasteiger partial charge in [0.2, 0.25) is 5.91 Å². The quantitative estimate of drug-likeness (QED) is 0.911. The average Bonchev–Trinajstić information content (AvgIpc) is 3.31. The standard InChI is InChI=1S/C20H24N4O2/c25-19-10-5-13-23(19)17-9-4-6-15(14-17)20(26)22-18-11-12-21-24(18)16-7-2-1-3-8-16/h4,6,9,11-12,14,16H,1-3,5,7-8,10,13H2,(H,22,26). The molecule has 6 heteroatoms. The monoisotopic (exact) mass is 352 g/mol. The molecule has 2 aliphatic rings. The molecular weight excluding hydrogens is 328 g/mol. The predicted molar refractivity (Wildman–Crippen MR) is 100 cm³/mol. The summed E-state index contributed by atoms with van der Waals surface area (Å²) >= 11 is 0. The van der Waals surface area contributed by atoms with Crippen LogP contribution in [0.4, 0.5) is 11.5 Å². The van der Waals surface area contributed by atoms with Crippen LogP contribution in [0.25, 0.3) is 0 Å². The Bertz CT molecular complexity index is 808. The number of hydrogen-bond donors (Lipinski definition) is 1.